The first-order chi connectivity index (χ1) is 14.3. The molecule has 10 heteroatoms. The molecule has 0 amide bonds. The lowest BCUT2D eigenvalue weighted by Crippen LogP contribution is -2.30. The highest BCUT2D eigenvalue weighted by molar-refractivity contribution is 7.71. The first-order valence-electron chi connectivity index (χ1n) is 9.55. The van der Waals surface area contributed by atoms with E-state index in [2.05, 4.69) is 4.98 Å². The van der Waals surface area contributed by atoms with E-state index in [-0.39, 0.29) is 42.9 Å². The van der Waals surface area contributed by atoms with E-state index in [4.69, 9.17) is 21.7 Å². The molecule has 0 saturated heterocycles. The highest BCUT2D eigenvalue weighted by Crippen LogP contribution is 2.35. The summed E-state index contributed by atoms with van der Waals surface area (Å²) in [7, 11) is 0. The third-order valence-corrected chi connectivity index (χ3v) is 5.38. The Morgan fingerprint density at radius 2 is 1.77 bits per heavy atom. The number of rotatable bonds is 7. The number of carbonyl (C=O) groups excluding carboxylic acids is 2. The van der Waals surface area contributed by atoms with Crippen LogP contribution in [-0.2, 0) is 38.4 Å². The molecule has 1 N–H and O–H groups in total. The summed E-state index contributed by atoms with van der Waals surface area (Å²) in [5.74, 6) is -6.52. The number of aromatic nitrogens is 2. The van der Waals surface area contributed by atoms with E-state index in [1.54, 1.807) is 18.4 Å². The van der Waals surface area contributed by atoms with Gasteiger partial charge in [-0.1, -0.05) is 0 Å². The molecule has 1 aromatic heterocycles. The van der Waals surface area contributed by atoms with Crippen LogP contribution in [0.2, 0.25) is 0 Å². The molecular formula is C20H21F3N2O4S. The summed E-state index contributed by atoms with van der Waals surface area (Å²) in [4.78, 5) is 27.5. The molecule has 6 nitrogen and oxygen atoms in total. The van der Waals surface area contributed by atoms with E-state index in [0.717, 1.165) is 12.1 Å². The number of nitrogens with one attached hydrogen (secondary N) is 1. The molecule has 2 aromatic rings. The monoisotopic (exact) mass is 442 g/mol. The van der Waals surface area contributed by atoms with Crippen LogP contribution in [0.3, 0.4) is 0 Å². The second-order valence-electron chi connectivity index (χ2n) is 6.88. The van der Waals surface area contributed by atoms with Crippen LogP contribution in [0.5, 0.6) is 0 Å². The maximum Gasteiger partial charge on any atom is 0.320 e. The molecule has 1 atom stereocenters. The third-order valence-electron chi connectivity index (χ3n) is 5.06. The number of carbonyl (C=O) groups is 2. The number of ether oxygens (including phenoxy) is 2. The normalized spacial score (nSPS) is 15.3. The third kappa shape index (κ3) is 4.14. The molecule has 0 fully saturated rings. The van der Waals surface area contributed by atoms with Gasteiger partial charge < -0.3 is 19.0 Å². The molecule has 0 radical (unpaired) electrons. The number of hydrogen-bond acceptors (Lipinski definition) is 5. The largest absolute Gasteiger partial charge is 0.465 e. The van der Waals surface area contributed by atoms with Gasteiger partial charge in [-0.3, -0.25) is 9.59 Å². The second kappa shape index (κ2) is 9.03. The van der Waals surface area contributed by atoms with Gasteiger partial charge in [0.1, 0.15) is 5.82 Å². The fourth-order valence-electron chi connectivity index (χ4n) is 3.73. The standard InChI is InChI=1S/C20H21F3N2O4S/c1-3-28-18(26)11(19(27)29-4-2)8-14-15-7-10(9-25(15)20(30)24-14)16-12(21)5-6-13(22)17(16)23/h5-6,10-11H,3-4,7-9H2,1-2H3,(H,24,30)/t10-/m0/s1. The van der Waals surface area contributed by atoms with Crippen molar-refractivity contribution in [1.82, 2.24) is 9.55 Å². The first kappa shape index (κ1) is 22.1. The van der Waals surface area contributed by atoms with E-state index < -0.39 is 41.2 Å². The number of halogens is 3. The lowest BCUT2D eigenvalue weighted by Gasteiger charge is -2.15. The van der Waals surface area contributed by atoms with Crippen molar-refractivity contribution >= 4 is 24.2 Å². The number of benzene rings is 1. The number of imidazole rings is 1. The summed E-state index contributed by atoms with van der Waals surface area (Å²) >= 11 is 5.29. The molecule has 0 bridgehead atoms. The molecule has 0 saturated carbocycles. The van der Waals surface area contributed by atoms with Gasteiger partial charge in [0.15, 0.2) is 22.3 Å². The van der Waals surface area contributed by atoms with Gasteiger partial charge in [0.05, 0.1) is 13.2 Å². The minimum Gasteiger partial charge on any atom is -0.465 e. The lowest BCUT2D eigenvalue weighted by atomic mass is 9.94. The Kier molecular flexibility index (Phi) is 6.64. The quantitative estimate of drug-likeness (QED) is 0.307. The van der Waals surface area contributed by atoms with Crippen molar-refractivity contribution in [2.75, 3.05) is 13.2 Å². The minimum absolute atomic E-state index is 0.0650. The van der Waals surface area contributed by atoms with E-state index in [1.807, 2.05) is 0 Å². The Hall–Kier alpha value is -2.62. The summed E-state index contributed by atoms with van der Waals surface area (Å²) in [6, 6.07) is 1.63. The zero-order valence-electron chi connectivity index (χ0n) is 16.5. The van der Waals surface area contributed by atoms with Crippen molar-refractivity contribution in [3.05, 3.63) is 51.3 Å². The van der Waals surface area contributed by atoms with Crippen molar-refractivity contribution in [2.45, 2.75) is 39.2 Å². The maximum atomic E-state index is 14.3. The van der Waals surface area contributed by atoms with Crippen LogP contribution in [-0.4, -0.2) is 34.7 Å². The summed E-state index contributed by atoms with van der Waals surface area (Å²) in [5, 5.41) is 0. The number of H-pyrrole nitrogens is 1. The van der Waals surface area contributed by atoms with Crippen molar-refractivity contribution in [2.24, 2.45) is 5.92 Å². The molecular weight excluding hydrogens is 421 g/mol. The van der Waals surface area contributed by atoms with Crippen LogP contribution in [0.1, 0.15) is 36.7 Å². The van der Waals surface area contributed by atoms with Crippen LogP contribution in [0, 0.1) is 28.1 Å². The first-order valence-corrected chi connectivity index (χ1v) is 9.96. The predicted octanol–water partition coefficient (Wildman–Crippen LogP) is 3.59. The average Bonchev–Trinajstić information content (AvgIpc) is 3.24. The fraction of sp³-hybridized carbons (Fsp3) is 0.450. The van der Waals surface area contributed by atoms with Gasteiger partial charge in [0, 0.05) is 35.8 Å². The van der Waals surface area contributed by atoms with Gasteiger partial charge in [0.25, 0.3) is 0 Å². The Balaban J connectivity index is 1.91. The Morgan fingerprint density at radius 3 is 2.37 bits per heavy atom. The van der Waals surface area contributed by atoms with Crippen molar-refractivity contribution < 1.29 is 32.2 Å². The van der Waals surface area contributed by atoms with Crippen molar-refractivity contribution in [3.8, 4) is 0 Å². The number of hydrogen-bond donors (Lipinski definition) is 1. The zero-order chi connectivity index (χ0) is 22.0. The smallest absolute Gasteiger partial charge is 0.320 e. The van der Waals surface area contributed by atoms with Gasteiger partial charge >= 0.3 is 11.9 Å². The van der Waals surface area contributed by atoms with Crippen LogP contribution < -0.4 is 0 Å². The summed E-state index contributed by atoms with van der Waals surface area (Å²) < 4.78 is 54.0. The summed E-state index contributed by atoms with van der Waals surface area (Å²) in [6.07, 6.45) is 0.0998. The zero-order valence-corrected chi connectivity index (χ0v) is 17.3. The molecule has 0 unspecified atom stereocenters. The molecule has 0 spiro atoms. The minimum atomic E-state index is -1.22. The average molecular weight is 442 g/mol. The Morgan fingerprint density at radius 1 is 1.17 bits per heavy atom. The van der Waals surface area contributed by atoms with Crippen molar-refractivity contribution in [3.63, 3.8) is 0 Å². The molecule has 1 aliphatic rings. The van der Waals surface area contributed by atoms with Crippen LogP contribution in [0.15, 0.2) is 12.1 Å². The highest BCUT2D eigenvalue weighted by Gasteiger charge is 2.35. The van der Waals surface area contributed by atoms with Gasteiger partial charge in [0.2, 0.25) is 0 Å². The topological polar surface area (TPSA) is 73.3 Å². The molecule has 1 aliphatic heterocycles. The highest BCUT2D eigenvalue weighted by atomic mass is 32.1. The number of aromatic amines is 1. The molecule has 1 aromatic carbocycles. The second-order valence-corrected chi connectivity index (χ2v) is 7.27. The predicted molar refractivity (Wildman–Crippen MR) is 103 cm³/mol. The molecule has 3 rings (SSSR count). The van der Waals surface area contributed by atoms with Crippen LogP contribution >= 0.6 is 12.2 Å². The van der Waals surface area contributed by atoms with E-state index in [0.29, 0.717) is 11.4 Å². The molecule has 0 aliphatic carbocycles. The Labute approximate surface area is 176 Å². The van der Waals surface area contributed by atoms with E-state index in [9.17, 15) is 22.8 Å². The number of esters is 2. The SMILES string of the molecule is CCOC(=O)C(Cc1[nH]c(=S)n2c1C[C@H](c1c(F)ccc(F)c1F)C2)C(=O)OCC. The fourth-order valence-corrected chi connectivity index (χ4v) is 4.04. The van der Waals surface area contributed by atoms with Gasteiger partial charge in [-0.15, -0.1) is 0 Å². The maximum absolute atomic E-state index is 14.3. The lowest BCUT2D eigenvalue weighted by molar-refractivity contribution is -0.161. The van der Waals surface area contributed by atoms with Gasteiger partial charge in [-0.25, -0.2) is 13.2 Å². The van der Waals surface area contributed by atoms with Crippen LogP contribution in [0.4, 0.5) is 13.2 Å². The van der Waals surface area contributed by atoms with E-state index >= 15 is 0 Å². The molecule has 162 valence electrons. The summed E-state index contributed by atoms with van der Waals surface area (Å²) in [5.41, 5.74) is 0.740. The van der Waals surface area contributed by atoms with Crippen molar-refractivity contribution in [1.29, 1.82) is 0 Å². The summed E-state index contributed by atoms with van der Waals surface area (Å²) in [6.45, 7) is 3.58. The van der Waals surface area contributed by atoms with Crippen LogP contribution in [0.25, 0.3) is 0 Å². The van der Waals surface area contributed by atoms with Gasteiger partial charge in [-0.2, -0.15) is 0 Å². The van der Waals surface area contributed by atoms with E-state index in [1.165, 1.54) is 0 Å². The molecule has 30 heavy (non-hydrogen) atoms. The Bertz CT molecular complexity index is 1020. The number of fused-ring (bicyclic) bond motifs is 1. The number of nitrogens with zero attached hydrogens (tertiary/aromatic N) is 1. The van der Waals surface area contributed by atoms with Gasteiger partial charge in [-0.05, 0) is 44.6 Å². The molecule has 2 heterocycles.